The summed E-state index contributed by atoms with van der Waals surface area (Å²) in [5.74, 6) is 0.233. The molecule has 1 N–H and O–H groups in total. The van der Waals surface area contributed by atoms with Crippen LogP contribution in [0.4, 0.5) is 9.52 Å². The normalized spacial score (nSPS) is 11.2. The lowest BCUT2D eigenvalue weighted by Gasteiger charge is -2.06. The highest BCUT2D eigenvalue weighted by molar-refractivity contribution is 7.93. The van der Waals surface area contributed by atoms with E-state index in [1.54, 1.807) is 29.6 Å². The molecule has 0 fully saturated rings. The van der Waals surface area contributed by atoms with Crippen molar-refractivity contribution < 1.29 is 17.5 Å². The predicted molar refractivity (Wildman–Crippen MR) is 91.3 cm³/mol. The molecule has 0 radical (unpaired) electrons. The average molecular weight is 364 g/mol. The molecular formula is C16H13FN2O3S2. The van der Waals surface area contributed by atoms with Crippen molar-refractivity contribution in [3.63, 3.8) is 0 Å². The van der Waals surface area contributed by atoms with Crippen LogP contribution in [-0.2, 0) is 10.0 Å². The lowest BCUT2D eigenvalue weighted by molar-refractivity contribution is 0.414. The summed E-state index contributed by atoms with van der Waals surface area (Å²) in [7, 11) is -2.22. The monoisotopic (exact) mass is 364 g/mol. The van der Waals surface area contributed by atoms with Crippen LogP contribution in [-0.4, -0.2) is 20.5 Å². The van der Waals surface area contributed by atoms with Gasteiger partial charge in [0.2, 0.25) is 0 Å². The smallest absolute Gasteiger partial charge is 0.263 e. The second-order valence-electron chi connectivity index (χ2n) is 4.83. The van der Waals surface area contributed by atoms with Gasteiger partial charge < -0.3 is 4.74 Å². The Morgan fingerprint density at radius 1 is 1.08 bits per heavy atom. The van der Waals surface area contributed by atoms with Crippen molar-refractivity contribution in [2.24, 2.45) is 0 Å². The molecule has 0 spiro atoms. The Labute approximate surface area is 142 Å². The summed E-state index contributed by atoms with van der Waals surface area (Å²) in [5, 5.41) is 1.95. The number of sulfonamides is 1. The number of rotatable bonds is 5. The molecular weight excluding hydrogens is 351 g/mol. The average Bonchev–Trinajstić information content (AvgIpc) is 3.03. The Kier molecular flexibility index (Phi) is 4.50. The van der Waals surface area contributed by atoms with E-state index < -0.39 is 10.0 Å². The summed E-state index contributed by atoms with van der Waals surface area (Å²) in [6.07, 6.45) is 0. The van der Waals surface area contributed by atoms with Crippen LogP contribution < -0.4 is 9.46 Å². The SMILES string of the molecule is COc1ccc(S(=O)(=O)Nc2nc(-c3ccc(F)cc3)cs2)cc1. The zero-order valence-electron chi connectivity index (χ0n) is 12.6. The first kappa shape index (κ1) is 16.4. The summed E-state index contributed by atoms with van der Waals surface area (Å²) in [4.78, 5) is 4.35. The first-order chi connectivity index (χ1) is 11.5. The van der Waals surface area contributed by atoms with Crippen LogP contribution in [0.25, 0.3) is 11.3 Å². The first-order valence-corrected chi connectivity index (χ1v) is 9.22. The first-order valence-electron chi connectivity index (χ1n) is 6.86. The molecule has 124 valence electrons. The lowest BCUT2D eigenvalue weighted by atomic mass is 10.2. The minimum atomic E-state index is -3.73. The number of ether oxygens (including phenoxy) is 1. The topological polar surface area (TPSA) is 68.3 Å². The maximum atomic E-state index is 13.0. The van der Waals surface area contributed by atoms with Gasteiger partial charge in [0.25, 0.3) is 10.0 Å². The van der Waals surface area contributed by atoms with Gasteiger partial charge in [-0.2, -0.15) is 0 Å². The van der Waals surface area contributed by atoms with Crippen molar-refractivity contribution in [2.75, 3.05) is 11.8 Å². The fourth-order valence-electron chi connectivity index (χ4n) is 2.00. The number of benzene rings is 2. The Bertz CT molecular complexity index is 936. The molecule has 24 heavy (non-hydrogen) atoms. The minimum Gasteiger partial charge on any atom is -0.497 e. The number of hydrogen-bond acceptors (Lipinski definition) is 5. The number of nitrogens with one attached hydrogen (secondary N) is 1. The van der Waals surface area contributed by atoms with E-state index in [9.17, 15) is 12.8 Å². The van der Waals surface area contributed by atoms with E-state index in [2.05, 4.69) is 9.71 Å². The van der Waals surface area contributed by atoms with E-state index in [1.807, 2.05) is 0 Å². The van der Waals surface area contributed by atoms with Crippen LogP contribution in [0.15, 0.2) is 58.8 Å². The highest BCUT2D eigenvalue weighted by atomic mass is 32.2. The number of anilines is 1. The van der Waals surface area contributed by atoms with Gasteiger partial charge in [-0.15, -0.1) is 11.3 Å². The number of nitrogens with zero attached hydrogens (tertiary/aromatic N) is 1. The number of halogens is 1. The second-order valence-corrected chi connectivity index (χ2v) is 7.37. The second kappa shape index (κ2) is 6.58. The van der Waals surface area contributed by atoms with Gasteiger partial charge in [-0.1, -0.05) is 0 Å². The van der Waals surface area contributed by atoms with Gasteiger partial charge in [0.1, 0.15) is 11.6 Å². The molecule has 0 aliphatic rings. The quantitative estimate of drug-likeness (QED) is 0.748. The van der Waals surface area contributed by atoms with E-state index >= 15 is 0 Å². The minimum absolute atomic E-state index is 0.113. The van der Waals surface area contributed by atoms with Gasteiger partial charge in [0, 0.05) is 10.9 Å². The van der Waals surface area contributed by atoms with Gasteiger partial charge in [-0.25, -0.2) is 17.8 Å². The van der Waals surface area contributed by atoms with Crippen molar-refractivity contribution in [3.8, 4) is 17.0 Å². The van der Waals surface area contributed by atoms with E-state index in [0.29, 0.717) is 17.0 Å². The molecule has 3 rings (SSSR count). The molecule has 2 aromatic carbocycles. The molecule has 1 heterocycles. The Hall–Kier alpha value is -2.45. The fourth-order valence-corrected chi connectivity index (χ4v) is 3.98. The van der Waals surface area contributed by atoms with Crippen molar-refractivity contribution in [3.05, 3.63) is 59.7 Å². The largest absolute Gasteiger partial charge is 0.497 e. The third-order valence-corrected chi connectivity index (χ3v) is 5.48. The van der Waals surface area contributed by atoms with E-state index in [-0.39, 0.29) is 15.8 Å². The standard InChI is InChI=1S/C16H13FN2O3S2/c1-22-13-6-8-14(9-7-13)24(20,21)19-16-18-15(10-23-16)11-2-4-12(17)5-3-11/h2-10H,1H3,(H,18,19). The highest BCUT2D eigenvalue weighted by Gasteiger charge is 2.16. The zero-order valence-corrected chi connectivity index (χ0v) is 14.2. The lowest BCUT2D eigenvalue weighted by Crippen LogP contribution is -2.12. The van der Waals surface area contributed by atoms with Crippen molar-refractivity contribution in [1.82, 2.24) is 4.98 Å². The number of aromatic nitrogens is 1. The molecule has 0 bridgehead atoms. The summed E-state index contributed by atoms with van der Waals surface area (Å²) >= 11 is 1.16. The molecule has 0 aliphatic carbocycles. The summed E-state index contributed by atoms with van der Waals surface area (Å²) in [6, 6.07) is 11.9. The molecule has 3 aromatic rings. The molecule has 0 aliphatic heterocycles. The number of hydrogen-bond donors (Lipinski definition) is 1. The van der Waals surface area contributed by atoms with Crippen LogP contribution in [0.3, 0.4) is 0 Å². The Balaban J connectivity index is 1.81. The van der Waals surface area contributed by atoms with Crippen LogP contribution in [0, 0.1) is 5.82 Å². The van der Waals surface area contributed by atoms with Crippen LogP contribution >= 0.6 is 11.3 Å². The molecule has 0 saturated heterocycles. The molecule has 8 heteroatoms. The molecule has 0 saturated carbocycles. The van der Waals surface area contributed by atoms with Gasteiger partial charge in [-0.05, 0) is 48.5 Å². The molecule has 1 aromatic heterocycles. The van der Waals surface area contributed by atoms with Crippen molar-refractivity contribution in [1.29, 1.82) is 0 Å². The third kappa shape index (κ3) is 3.55. The summed E-state index contributed by atoms with van der Waals surface area (Å²) in [5.41, 5.74) is 1.29. The zero-order chi connectivity index (χ0) is 17.2. The van der Waals surface area contributed by atoms with Gasteiger partial charge in [0.05, 0.1) is 17.7 Å². The molecule has 0 atom stereocenters. The van der Waals surface area contributed by atoms with Gasteiger partial charge in [0.15, 0.2) is 5.13 Å². The maximum Gasteiger partial charge on any atom is 0.263 e. The van der Waals surface area contributed by atoms with E-state index in [1.165, 1.54) is 31.4 Å². The maximum absolute atomic E-state index is 13.0. The fraction of sp³-hybridized carbons (Fsp3) is 0.0625. The van der Waals surface area contributed by atoms with Gasteiger partial charge in [-0.3, -0.25) is 4.72 Å². The predicted octanol–water partition coefficient (Wildman–Crippen LogP) is 3.76. The van der Waals surface area contributed by atoms with Gasteiger partial charge >= 0.3 is 0 Å². The van der Waals surface area contributed by atoms with E-state index in [0.717, 1.165) is 11.3 Å². The molecule has 0 unspecified atom stereocenters. The third-order valence-electron chi connectivity index (χ3n) is 3.24. The Morgan fingerprint density at radius 3 is 2.38 bits per heavy atom. The van der Waals surface area contributed by atoms with Crippen LogP contribution in [0.5, 0.6) is 5.75 Å². The van der Waals surface area contributed by atoms with Crippen molar-refractivity contribution >= 4 is 26.5 Å². The van der Waals surface area contributed by atoms with Crippen molar-refractivity contribution in [2.45, 2.75) is 4.90 Å². The molecule has 0 amide bonds. The summed E-state index contributed by atoms with van der Waals surface area (Å²) in [6.45, 7) is 0. The highest BCUT2D eigenvalue weighted by Crippen LogP contribution is 2.27. The number of thiazole rings is 1. The van der Waals surface area contributed by atoms with E-state index in [4.69, 9.17) is 4.74 Å². The van der Waals surface area contributed by atoms with Crippen LogP contribution in [0.1, 0.15) is 0 Å². The Morgan fingerprint density at radius 2 is 1.75 bits per heavy atom. The number of methoxy groups -OCH3 is 1. The molecule has 5 nitrogen and oxygen atoms in total. The van der Waals surface area contributed by atoms with Crippen LogP contribution in [0.2, 0.25) is 0 Å². The summed E-state index contributed by atoms with van der Waals surface area (Å²) < 4.78 is 45.1.